The van der Waals surface area contributed by atoms with Crippen LogP contribution < -0.4 is 9.47 Å². The van der Waals surface area contributed by atoms with Gasteiger partial charge in [-0.3, -0.25) is 9.69 Å². The van der Waals surface area contributed by atoms with Crippen molar-refractivity contribution in [2.75, 3.05) is 39.9 Å². The zero-order valence-corrected chi connectivity index (χ0v) is 16.5. The summed E-state index contributed by atoms with van der Waals surface area (Å²) in [6, 6.07) is 15.1. The van der Waals surface area contributed by atoms with Gasteiger partial charge in [0.1, 0.15) is 17.2 Å². The summed E-state index contributed by atoms with van der Waals surface area (Å²) in [4.78, 5) is 16.7. The highest BCUT2D eigenvalue weighted by Gasteiger charge is 2.24. The van der Waals surface area contributed by atoms with Gasteiger partial charge in [0, 0.05) is 38.3 Å². The molecule has 0 radical (unpaired) electrons. The van der Waals surface area contributed by atoms with Gasteiger partial charge in [-0.05, 0) is 36.8 Å². The summed E-state index contributed by atoms with van der Waals surface area (Å²) in [5.74, 6) is 1.70. The van der Waals surface area contributed by atoms with E-state index in [1.807, 2.05) is 17.0 Å². The molecule has 1 aliphatic heterocycles. The summed E-state index contributed by atoms with van der Waals surface area (Å²) in [6.07, 6.45) is 0.337. The summed E-state index contributed by atoms with van der Waals surface area (Å²) in [5, 5.41) is 9.44. The minimum absolute atomic E-state index is 0.108. The summed E-state index contributed by atoms with van der Waals surface area (Å²) >= 11 is 0. The van der Waals surface area contributed by atoms with E-state index in [-0.39, 0.29) is 11.7 Å². The predicted molar refractivity (Wildman–Crippen MR) is 108 cm³/mol. The van der Waals surface area contributed by atoms with E-state index in [2.05, 4.69) is 24.0 Å². The van der Waals surface area contributed by atoms with Gasteiger partial charge >= 0.3 is 0 Å². The van der Waals surface area contributed by atoms with Crippen LogP contribution in [0.1, 0.15) is 24.9 Å². The van der Waals surface area contributed by atoms with Crippen LogP contribution in [0.3, 0.4) is 0 Å². The van der Waals surface area contributed by atoms with Gasteiger partial charge in [0.2, 0.25) is 5.91 Å². The molecule has 1 amide bonds. The van der Waals surface area contributed by atoms with Crippen LogP contribution in [0, 0.1) is 0 Å². The third-order valence-corrected chi connectivity index (χ3v) is 5.22. The molecule has 3 rings (SSSR count). The number of benzene rings is 2. The molecule has 2 aromatic carbocycles. The Hall–Kier alpha value is -2.73. The molecule has 1 unspecified atom stereocenters. The number of hydrogen-bond acceptors (Lipinski definition) is 5. The Morgan fingerprint density at radius 3 is 2.43 bits per heavy atom. The van der Waals surface area contributed by atoms with Crippen molar-refractivity contribution in [3.63, 3.8) is 0 Å². The third kappa shape index (κ3) is 5.16. The van der Waals surface area contributed by atoms with E-state index >= 15 is 0 Å². The van der Waals surface area contributed by atoms with Crippen molar-refractivity contribution in [3.8, 4) is 17.2 Å². The molecule has 0 spiro atoms. The van der Waals surface area contributed by atoms with Gasteiger partial charge in [-0.2, -0.15) is 0 Å². The molecule has 0 saturated carbocycles. The Morgan fingerprint density at radius 1 is 1.07 bits per heavy atom. The number of carbonyl (C=O) groups excluding carboxylic acids is 1. The first kappa shape index (κ1) is 20.0. The zero-order valence-electron chi connectivity index (χ0n) is 16.5. The van der Waals surface area contributed by atoms with Crippen LogP contribution in [0.5, 0.6) is 17.2 Å². The number of methoxy groups -OCH3 is 1. The highest BCUT2D eigenvalue weighted by molar-refractivity contribution is 5.76. The number of ether oxygens (including phenoxy) is 2. The number of hydrogen-bond donors (Lipinski definition) is 1. The van der Waals surface area contributed by atoms with E-state index in [0.717, 1.165) is 31.9 Å². The molecule has 1 saturated heterocycles. The molecule has 6 nitrogen and oxygen atoms in total. The molecule has 1 heterocycles. The second-order valence-electron chi connectivity index (χ2n) is 6.96. The van der Waals surface area contributed by atoms with Gasteiger partial charge in [-0.15, -0.1) is 0 Å². The Labute approximate surface area is 166 Å². The quantitative estimate of drug-likeness (QED) is 0.795. The van der Waals surface area contributed by atoms with Crippen molar-refractivity contribution < 1.29 is 19.4 Å². The zero-order chi connectivity index (χ0) is 19.9. The Morgan fingerprint density at radius 2 is 1.79 bits per heavy atom. The monoisotopic (exact) mass is 384 g/mol. The normalized spacial score (nSPS) is 15.9. The number of carbonyl (C=O) groups is 1. The van der Waals surface area contributed by atoms with Gasteiger partial charge in [-0.25, -0.2) is 0 Å². The smallest absolute Gasteiger partial charge is 0.226 e. The highest BCUT2D eigenvalue weighted by Crippen LogP contribution is 2.24. The molecule has 28 heavy (non-hydrogen) atoms. The van der Waals surface area contributed by atoms with Crippen LogP contribution in [-0.2, 0) is 4.79 Å². The molecule has 1 atom stereocenters. The van der Waals surface area contributed by atoms with Crippen LogP contribution in [0.25, 0.3) is 0 Å². The SMILES string of the molecule is COc1ccc(C(C)N2CCN(C(=O)CCOc3cccc(O)c3)CC2)cc1. The van der Waals surface area contributed by atoms with Gasteiger partial charge in [-0.1, -0.05) is 18.2 Å². The van der Waals surface area contributed by atoms with E-state index in [1.165, 1.54) is 5.56 Å². The third-order valence-electron chi connectivity index (χ3n) is 5.22. The lowest BCUT2D eigenvalue weighted by molar-refractivity contribution is -0.133. The van der Waals surface area contributed by atoms with Crippen molar-refractivity contribution in [2.24, 2.45) is 0 Å². The van der Waals surface area contributed by atoms with E-state index in [9.17, 15) is 9.90 Å². The molecular formula is C22H28N2O4. The van der Waals surface area contributed by atoms with Crippen LogP contribution in [-0.4, -0.2) is 60.7 Å². The lowest BCUT2D eigenvalue weighted by atomic mass is 10.1. The Bertz CT molecular complexity index is 770. The molecular weight excluding hydrogens is 356 g/mol. The maximum absolute atomic E-state index is 12.4. The molecule has 0 aliphatic carbocycles. The first-order valence-corrected chi connectivity index (χ1v) is 9.64. The summed E-state index contributed by atoms with van der Waals surface area (Å²) in [7, 11) is 1.67. The van der Waals surface area contributed by atoms with Crippen molar-refractivity contribution in [3.05, 3.63) is 54.1 Å². The maximum Gasteiger partial charge on any atom is 0.226 e. The van der Waals surface area contributed by atoms with E-state index < -0.39 is 0 Å². The topological polar surface area (TPSA) is 62.2 Å². The standard InChI is InChI=1S/C22H28N2O4/c1-17(18-6-8-20(27-2)9-7-18)23-11-13-24(14-12-23)22(26)10-15-28-21-5-3-4-19(25)16-21/h3-9,16-17,25H,10-15H2,1-2H3. The molecule has 1 fully saturated rings. The average molecular weight is 384 g/mol. The summed E-state index contributed by atoms with van der Waals surface area (Å²) in [6.45, 7) is 5.67. The van der Waals surface area contributed by atoms with Crippen molar-refractivity contribution in [1.29, 1.82) is 0 Å². The fourth-order valence-electron chi connectivity index (χ4n) is 3.44. The molecule has 6 heteroatoms. The lowest BCUT2D eigenvalue weighted by Gasteiger charge is -2.38. The molecule has 150 valence electrons. The van der Waals surface area contributed by atoms with Crippen LogP contribution >= 0.6 is 0 Å². The minimum Gasteiger partial charge on any atom is -0.508 e. The Balaban J connectivity index is 1.43. The van der Waals surface area contributed by atoms with Gasteiger partial charge in [0.25, 0.3) is 0 Å². The van der Waals surface area contributed by atoms with E-state index in [4.69, 9.17) is 9.47 Å². The van der Waals surface area contributed by atoms with Gasteiger partial charge < -0.3 is 19.5 Å². The van der Waals surface area contributed by atoms with Crippen molar-refractivity contribution in [1.82, 2.24) is 9.80 Å². The van der Waals surface area contributed by atoms with Crippen molar-refractivity contribution in [2.45, 2.75) is 19.4 Å². The number of aromatic hydroxyl groups is 1. The number of phenols is 1. The van der Waals surface area contributed by atoms with Crippen molar-refractivity contribution >= 4 is 5.91 Å². The van der Waals surface area contributed by atoms with Crippen LogP contribution in [0.4, 0.5) is 0 Å². The summed E-state index contributed by atoms with van der Waals surface area (Å²) < 4.78 is 10.8. The number of nitrogens with zero attached hydrogens (tertiary/aromatic N) is 2. The predicted octanol–water partition coefficient (Wildman–Crippen LogP) is 3.08. The molecule has 2 aromatic rings. The second-order valence-corrected chi connectivity index (χ2v) is 6.96. The van der Waals surface area contributed by atoms with Gasteiger partial charge in [0.15, 0.2) is 0 Å². The van der Waals surface area contributed by atoms with Gasteiger partial charge in [0.05, 0.1) is 20.1 Å². The minimum atomic E-state index is 0.108. The highest BCUT2D eigenvalue weighted by atomic mass is 16.5. The fraction of sp³-hybridized carbons (Fsp3) is 0.409. The largest absolute Gasteiger partial charge is 0.508 e. The molecule has 1 N–H and O–H groups in total. The summed E-state index contributed by atoms with van der Waals surface area (Å²) in [5.41, 5.74) is 1.25. The Kier molecular flexibility index (Phi) is 6.76. The molecule has 1 aliphatic rings. The van der Waals surface area contributed by atoms with Crippen LogP contribution in [0.15, 0.2) is 48.5 Å². The second kappa shape index (κ2) is 9.46. The maximum atomic E-state index is 12.4. The van der Waals surface area contributed by atoms with Crippen LogP contribution in [0.2, 0.25) is 0 Å². The first-order chi connectivity index (χ1) is 13.6. The number of amides is 1. The number of piperazine rings is 1. The van der Waals surface area contributed by atoms with E-state index in [1.54, 1.807) is 31.4 Å². The van der Waals surface area contributed by atoms with E-state index in [0.29, 0.717) is 24.8 Å². The molecule has 0 aromatic heterocycles. The number of rotatable bonds is 7. The number of phenolic OH excluding ortho intramolecular Hbond substituents is 1. The average Bonchev–Trinajstić information content (AvgIpc) is 2.73. The first-order valence-electron chi connectivity index (χ1n) is 9.64. The molecule has 0 bridgehead atoms. The lowest BCUT2D eigenvalue weighted by Crippen LogP contribution is -2.49. The fourth-order valence-corrected chi connectivity index (χ4v) is 3.44.